The molecule has 0 radical (unpaired) electrons. The third-order valence-electron chi connectivity index (χ3n) is 4.03. The van der Waals surface area contributed by atoms with Crippen LogP contribution in [0.25, 0.3) is 15.9 Å². The minimum absolute atomic E-state index is 0.216. The van der Waals surface area contributed by atoms with E-state index in [1.165, 1.54) is 11.3 Å². The third kappa shape index (κ3) is 3.23. The molecule has 0 fully saturated rings. The van der Waals surface area contributed by atoms with Gasteiger partial charge in [-0.15, -0.1) is 11.3 Å². The molecular weight excluding hydrogens is 368 g/mol. The van der Waals surface area contributed by atoms with Crippen LogP contribution in [0.15, 0.2) is 60.7 Å². The molecule has 0 unspecified atom stereocenters. The van der Waals surface area contributed by atoms with Crippen LogP contribution in [-0.2, 0) is 11.3 Å². The van der Waals surface area contributed by atoms with Crippen molar-refractivity contribution in [3.8, 4) is 5.69 Å². The number of esters is 1. The van der Waals surface area contributed by atoms with E-state index >= 15 is 0 Å². The Kier molecular flexibility index (Phi) is 4.49. The first kappa shape index (κ1) is 16.8. The Morgan fingerprint density at radius 3 is 2.62 bits per heavy atom. The molecule has 6 heteroatoms. The molecule has 0 bridgehead atoms. The Morgan fingerprint density at radius 1 is 1.15 bits per heavy atom. The number of hydrogen-bond acceptors (Lipinski definition) is 4. The summed E-state index contributed by atoms with van der Waals surface area (Å²) in [6.07, 6.45) is 0. The lowest BCUT2D eigenvalue weighted by Gasteiger charge is -2.04. The van der Waals surface area contributed by atoms with E-state index in [-0.39, 0.29) is 12.6 Å². The van der Waals surface area contributed by atoms with Gasteiger partial charge in [0.25, 0.3) is 0 Å². The second-order valence-electron chi connectivity index (χ2n) is 5.86. The van der Waals surface area contributed by atoms with Gasteiger partial charge >= 0.3 is 5.97 Å². The zero-order valence-corrected chi connectivity index (χ0v) is 15.6. The minimum atomic E-state index is -0.333. The molecule has 2 aromatic heterocycles. The number of carbonyl (C=O) groups excluding carboxylic acids is 1. The monoisotopic (exact) mass is 382 g/mol. The number of carbonyl (C=O) groups is 1. The lowest BCUT2D eigenvalue weighted by atomic mass is 10.2. The van der Waals surface area contributed by atoms with Crippen molar-refractivity contribution in [2.75, 3.05) is 0 Å². The first-order chi connectivity index (χ1) is 12.6. The molecule has 0 spiro atoms. The summed E-state index contributed by atoms with van der Waals surface area (Å²) >= 11 is 7.26. The summed E-state index contributed by atoms with van der Waals surface area (Å²) in [6.45, 7) is 2.16. The van der Waals surface area contributed by atoms with Gasteiger partial charge in [0.1, 0.15) is 16.3 Å². The standard InChI is InChI=1S/C20H15ClN2O2S/c1-13-17-11-18(20(24)25-12-14-7-9-15(21)10-8-14)26-19(17)23(22-13)16-5-3-2-4-6-16/h2-11H,12H2,1H3. The maximum Gasteiger partial charge on any atom is 0.348 e. The van der Waals surface area contributed by atoms with Gasteiger partial charge in [-0.2, -0.15) is 5.10 Å². The number of ether oxygens (including phenoxy) is 1. The van der Waals surface area contributed by atoms with E-state index in [1.807, 2.05) is 60.1 Å². The maximum atomic E-state index is 12.4. The highest BCUT2D eigenvalue weighted by molar-refractivity contribution is 7.20. The van der Waals surface area contributed by atoms with Crippen LogP contribution in [0.2, 0.25) is 5.02 Å². The number of benzene rings is 2. The van der Waals surface area contributed by atoms with E-state index in [4.69, 9.17) is 16.3 Å². The van der Waals surface area contributed by atoms with E-state index in [9.17, 15) is 4.79 Å². The fourth-order valence-corrected chi connectivity index (χ4v) is 3.90. The second kappa shape index (κ2) is 6.94. The Bertz CT molecular complexity index is 1070. The number of aryl methyl sites for hydroxylation is 1. The smallest absolute Gasteiger partial charge is 0.348 e. The molecule has 4 rings (SSSR count). The summed E-state index contributed by atoms with van der Waals surface area (Å²) in [7, 11) is 0. The number of hydrogen-bond donors (Lipinski definition) is 0. The fraction of sp³-hybridized carbons (Fsp3) is 0.100. The number of aromatic nitrogens is 2. The summed E-state index contributed by atoms with van der Waals surface area (Å²) in [5.74, 6) is -0.333. The van der Waals surface area contributed by atoms with Gasteiger partial charge in [-0.1, -0.05) is 41.9 Å². The van der Waals surface area contributed by atoms with Crippen LogP contribution < -0.4 is 0 Å². The highest BCUT2D eigenvalue weighted by Crippen LogP contribution is 2.31. The number of halogens is 1. The molecule has 0 saturated heterocycles. The first-order valence-electron chi connectivity index (χ1n) is 8.08. The Labute approximate surface area is 159 Å². The number of thiophene rings is 1. The molecule has 0 saturated carbocycles. The molecule has 0 N–H and O–H groups in total. The molecule has 0 atom stereocenters. The SMILES string of the molecule is Cc1nn(-c2ccccc2)c2sc(C(=O)OCc3ccc(Cl)cc3)cc12. The topological polar surface area (TPSA) is 44.1 Å². The van der Waals surface area contributed by atoms with E-state index < -0.39 is 0 Å². The first-order valence-corrected chi connectivity index (χ1v) is 9.27. The summed E-state index contributed by atoms with van der Waals surface area (Å²) in [4.78, 5) is 13.9. The van der Waals surface area contributed by atoms with Gasteiger partial charge in [0.2, 0.25) is 0 Å². The molecule has 130 valence electrons. The zero-order valence-electron chi connectivity index (χ0n) is 14.0. The van der Waals surface area contributed by atoms with Crippen LogP contribution in [0.5, 0.6) is 0 Å². The number of fused-ring (bicyclic) bond motifs is 1. The zero-order chi connectivity index (χ0) is 18.1. The van der Waals surface area contributed by atoms with Crippen molar-refractivity contribution in [3.05, 3.63) is 81.8 Å². The van der Waals surface area contributed by atoms with Crippen molar-refractivity contribution >= 4 is 39.1 Å². The fourth-order valence-electron chi connectivity index (χ4n) is 2.69. The maximum absolute atomic E-state index is 12.4. The van der Waals surface area contributed by atoms with E-state index in [0.717, 1.165) is 27.2 Å². The van der Waals surface area contributed by atoms with Gasteiger partial charge in [-0.3, -0.25) is 0 Å². The van der Waals surface area contributed by atoms with Crippen molar-refractivity contribution < 1.29 is 9.53 Å². The van der Waals surface area contributed by atoms with Crippen molar-refractivity contribution in [1.29, 1.82) is 0 Å². The van der Waals surface area contributed by atoms with Crippen LogP contribution in [0, 0.1) is 6.92 Å². The van der Waals surface area contributed by atoms with Crippen molar-refractivity contribution in [2.45, 2.75) is 13.5 Å². The lowest BCUT2D eigenvalue weighted by molar-refractivity contribution is 0.0478. The predicted octanol–water partition coefficient (Wildman–Crippen LogP) is 5.41. The average molecular weight is 383 g/mol. The minimum Gasteiger partial charge on any atom is -0.457 e. The van der Waals surface area contributed by atoms with Crippen LogP contribution in [0.4, 0.5) is 0 Å². The number of nitrogens with zero attached hydrogens (tertiary/aromatic N) is 2. The molecule has 2 aromatic carbocycles. The Hall–Kier alpha value is -2.63. The van der Waals surface area contributed by atoms with Gasteiger partial charge in [0.05, 0.1) is 11.4 Å². The van der Waals surface area contributed by atoms with E-state index in [2.05, 4.69) is 5.10 Å². The third-order valence-corrected chi connectivity index (χ3v) is 5.37. The molecule has 0 aliphatic carbocycles. The summed E-state index contributed by atoms with van der Waals surface area (Å²) in [6, 6.07) is 19.0. The van der Waals surface area contributed by atoms with Gasteiger partial charge < -0.3 is 4.74 Å². The van der Waals surface area contributed by atoms with Gasteiger partial charge in [-0.25, -0.2) is 9.48 Å². The summed E-state index contributed by atoms with van der Waals surface area (Å²) in [5, 5.41) is 6.21. The largest absolute Gasteiger partial charge is 0.457 e. The Morgan fingerprint density at radius 2 is 1.88 bits per heavy atom. The highest BCUT2D eigenvalue weighted by atomic mass is 35.5. The van der Waals surface area contributed by atoms with Gasteiger partial charge in [0.15, 0.2) is 0 Å². The highest BCUT2D eigenvalue weighted by Gasteiger charge is 2.18. The molecule has 0 aliphatic rings. The summed E-state index contributed by atoms with van der Waals surface area (Å²) in [5.41, 5.74) is 2.75. The van der Waals surface area contributed by atoms with Crippen LogP contribution in [-0.4, -0.2) is 15.7 Å². The van der Waals surface area contributed by atoms with Gasteiger partial charge in [0, 0.05) is 10.4 Å². The molecule has 0 amide bonds. The molecule has 0 aliphatic heterocycles. The van der Waals surface area contributed by atoms with Gasteiger partial charge in [-0.05, 0) is 42.8 Å². The number of rotatable bonds is 4. The number of para-hydroxylation sites is 1. The average Bonchev–Trinajstić information content (AvgIpc) is 3.23. The molecular formula is C20H15ClN2O2S. The van der Waals surface area contributed by atoms with E-state index in [0.29, 0.717) is 9.90 Å². The van der Waals surface area contributed by atoms with Crippen molar-refractivity contribution in [3.63, 3.8) is 0 Å². The van der Waals surface area contributed by atoms with Crippen molar-refractivity contribution in [1.82, 2.24) is 9.78 Å². The Balaban J connectivity index is 1.59. The normalized spacial score (nSPS) is 11.0. The van der Waals surface area contributed by atoms with E-state index in [1.54, 1.807) is 12.1 Å². The molecule has 2 heterocycles. The predicted molar refractivity (Wildman–Crippen MR) is 104 cm³/mol. The molecule has 4 nitrogen and oxygen atoms in total. The molecule has 26 heavy (non-hydrogen) atoms. The van der Waals surface area contributed by atoms with Crippen LogP contribution in [0.3, 0.4) is 0 Å². The summed E-state index contributed by atoms with van der Waals surface area (Å²) < 4.78 is 7.30. The van der Waals surface area contributed by atoms with Crippen molar-refractivity contribution in [2.24, 2.45) is 0 Å². The second-order valence-corrected chi connectivity index (χ2v) is 7.33. The van der Waals surface area contributed by atoms with Crippen LogP contribution >= 0.6 is 22.9 Å². The van der Waals surface area contributed by atoms with Crippen LogP contribution in [0.1, 0.15) is 20.9 Å². The molecule has 4 aromatic rings. The quantitative estimate of drug-likeness (QED) is 0.443. The lowest BCUT2D eigenvalue weighted by Crippen LogP contribution is -2.03.